The van der Waals surface area contributed by atoms with Crippen LogP contribution in [0, 0.1) is 11.3 Å². The summed E-state index contributed by atoms with van der Waals surface area (Å²) in [5, 5.41) is 9.99. The van der Waals surface area contributed by atoms with Crippen LogP contribution in [-0.2, 0) is 0 Å². The second-order valence-electron chi connectivity index (χ2n) is 3.64. The summed E-state index contributed by atoms with van der Waals surface area (Å²) in [5.41, 5.74) is 2.57. The quantitative estimate of drug-likeness (QED) is 0.643. The van der Waals surface area contributed by atoms with Crippen molar-refractivity contribution in [3.8, 4) is 16.6 Å². The third-order valence-corrected chi connectivity index (χ3v) is 3.64. The number of hydrogen-bond acceptors (Lipinski definition) is 3. The van der Waals surface area contributed by atoms with E-state index in [2.05, 4.69) is 11.1 Å². The highest BCUT2D eigenvalue weighted by Gasteiger charge is 2.09. The number of fused-ring (bicyclic) bond motifs is 1. The molecular formula is C14H8N2S. The van der Waals surface area contributed by atoms with Crippen LogP contribution in [0.15, 0.2) is 48.5 Å². The SMILES string of the molecule is N#Cc1ccccc1-c1nc2ccccc2s1. The van der Waals surface area contributed by atoms with E-state index in [0.717, 1.165) is 20.8 Å². The van der Waals surface area contributed by atoms with Gasteiger partial charge in [-0.2, -0.15) is 5.26 Å². The van der Waals surface area contributed by atoms with Crippen LogP contribution in [0.1, 0.15) is 5.56 Å². The lowest BCUT2D eigenvalue weighted by Gasteiger charge is -1.97. The molecule has 0 N–H and O–H groups in total. The summed E-state index contributed by atoms with van der Waals surface area (Å²) in [6.07, 6.45) is 0. The minimum absolute atomic E-state index is 0.673. The molecule has 0 amide bonds. The second kappa shape index (κ2) is 4.00. The van der Waals surface area contributed by atoms with E-state index in [-0.39, 0.29) is 0 Å². The summed E-state index contributed by atoms with van der Waals surface area (Å²) >= 11 is 1.62. The number of thiazole rings is 1. The van der Waals surface area contributed by atoms with E-state index in [9.17, 15) is 0 Å². The molecule has 0 aliphatic carbocycles. The molecular weight excluding hydrogens is 228 g/mol. The van der Waals surface area contributed by atoms with Crippen molar-refractivity contribution < 1.29 is 0 Å². The van der Waals surface area contributed by atoms with Gasteiger partial charge >= 0.3 is 0 Å². The molecule has 0 aliphatic heterocycles. The van der Waals surface area contributed by atoms with Crippen LogP contribution in [0.3, 0.4) is 0 Å². The first-order valence-electron chi connectivity index (χ1n) is 5.23. The van der Waals surface area contributed by atoms with Gasteiger partial charge in [0, 0.05) is 5.56 Å². The molecule has 17 heavy (non-hydrogen) atoms. The molecule has 0 aliphatic rings. The molecule has 3 heteroatoms. The Labute approximate surface area is 103 Å². The van der Waals surface area contributed by atoms with Crippen molar-refractivity contribution in [2.75, 3.05) is 0 Å². The molecule has 0 saturated carbocycles. The molecule has 0 bridgehead atoms. The Hall–Kier alpha value is -2.18. The van der Waals surface area contributed by atoms with Crippen molar-refractivity contribution in [3.63, 3.8) is 0 Å². The maximum atomic E-state index is 9.08. The topological polar surface area (TPSA) is 36.7 Å². The third-order valence-electron chi connectivity index (χ3n) is 2.57. The van der Waals surface area contributed by atoms with Crippen molar-refractivity contribution >= 4 is 21.6 Å². The van der Waals surface area contributed by atoms with Crippen LogP contribution in [0.5, 0.6) is 0 Å². The Balaban J connectivity index is 2.25. The van der Waals surface area contributed by atoms with Crippen molar-refractivity contribution in [2.45, 2.75) is 0 Å². The van der Waals surface area contributed by atoms with Gasteiger partial charge in [0.25, 0.3) is 0 Å². The van der Waals surface area contributed by atoms with Crippen molar-refractivity contribution in [3.05, 3.63) is 54.1 Å². The summed E-state index contributed by atoms with van der Waals surface area (Å²) in [6.45, 7) is 0. The smallest absolute Gasteiger partial charge is 0.125 e. The van der Waals surface area contributed by atoms with Crippen LogP contribution in [-0.4, -0.2) is 4.98 Å². The Morgan fingerprint density at radius 3 is 2.59 bits per heavy atom. The Morgan fingerprint density at radius 1 is 1.00 bits per heavy atom. The highest BCUT2D eigenvalue weighted by Crippen LogP contribution is 2.31. The normalized spacial score (nSPS) is 10.3. The Bertz CT molecular complexity index is 689. The van der Waals surface area contributed by atoms with E-state index in [1.54, 1.807) is 11.3 Å². The second-order valence-corrected chi connectivity index (χ2v) is 4.67. The van der Waals surface area contributed by atoms with Gasteiger partial charge in [0.15, 0.2) is 0 Å². The van der Waals surface area contributed by atoms with Gasteiger partial charge in [-0.3, -0.25) is 0 Å². The van der Waals surface area contributed by atoms with Crippen LogP contribution in [0.2, 0.25) is 0 Å². The molecule has 80 valence electrons. The van der Waals surface area contributed by atoms with Crippen molar-refractivity contribution in [1.82, 2.24) is 4.98 Å². The molecule has 3 rings (SSSR count). The zero-order valence-corrected chi connectivity index (χ0v) is 9.74. The first-order valence-corrected chi connectivity index (χ1v) is 6.05. The van der Waals surface area contributed by atoms with Gasteiger partial charge in [0.2, 0.25) is 0 Å². The lowest BCUT2D eigenvalue weighted by atomic mass is 10.1. The van der Waals surface area contributed by atoms with E-state index in [4.69, 9.17) is 5.26 Å². The third kappa shape index (κ3) is 1.69. The summed E-state index contributed by atoms with van der Waals surface area (Å²) in [6, 6.07) is 17.8. The first kappa shape index (κ1) is 10.0. The van der Waals surface area contributed by atoms with E-state index < -0.39 is 0 Å². The van der Waals surface area contributed by atoms with Gasteiger partial charge in [0.1, 0.15) is 5.01 Å². The van der Waals surface area contributed by atoms with E-state index in [1.165, 1.54) is 0 Å². The van der Waals surface area contributed by atoms with Crippen molar-refractivity contribution in [2.24, 2.45) is 0 Å². The largest absolute Gasteiger partial charge is 0.236 e. The van der Waals surface area contributed by atoms with Gasteiger partial charge in [0.05, 0.1) is 21.8 Å². The number of rotatable bonds is 1. The Morgan fingerprint density at radius 2 is 1.76 bits per heavy atom. The molecule has 0 radical (unpaired) electrons. The number of aromatic nitrogens is 1. The molecule has 0 atom stereocenters. The molecule has 2 nitrogen and oxygen atoms in total. The average Bonchev–Trinajstić information content (AvgIpc) is 2.82. The van der Waals surface area contributed by atoms with Crippen LogP contribution >= 0.6 is 11.3 Å². The predicted molar refractivity (Wildman–Crippen MR) is 69.8 cm³/mol. The molecule has 2 aromatic carbocycles. The van der Waals surface area contributed by atoms with Gasteiger partial charge in [-0.1, -0.05) is 30.3 Å². The molecule has 1 aromatic heterocycles. The van der Waals surface area contributed by atoms with Gasteiger partial charge in [-0.05, 0) is 18.2 Å². The van der Waals surface area contributed by atoms with E-state index in [1.807, 2.05) is 48.5 Å². The summed E-state index contributed by atoms with van der Waals surface area (Å²) < 4.78 is 1.15. The number of benzene rings is 2. The lowest BCUT2D eigenvalue weighted by Crippen LogP contribution is -1.81. The molecule has 0 fully saturated rings. The van der Waals surface area contributed by atoms with Crippen LogP contribution in [0.4, 0.5) is 0 Å². The fourth-order valence-electron chi connectivity index (χ4n) is 1.75. The molecule has 3 aromatic rings. The lowest BCUT2D eigenvalue weighted by molar-refractivity contribution is 1.44. The fraction of sp³-hybridized carbons (Fsp3) is 0. The minimum atomic E-state index is 0.673. The standard InChI is InChI=1S/C14H8N2S/c15-9-10-5-1-2-6-11(10)14-16-12-7-3-4-8-13(12)17-14/h1-8H. The maximum Gasteiger partial charge on any atom is 0.125 e. The summed E-state index contributed by atoms with van der Waals surface area (Å²) in [7, 11) is 0. The van der Waals surface area contributed by atoms with Gasteiger partial charge in [-0.25, -0.2) is 4.98 Å². The number of nitriles is 1. The molecule has 0 unspecified atom stereocenters. The van der Waals surface area contributed by atoms with Gasteiger partial charge in [-0.15, -0.1) is 11.3 Å². The maximum absolute atomic E-state index is 9.08. The summed E-state index contributed by atoms with van der Waals surface area (Å²) in [4.78, 5) is 4.56. The van der Waals surface area contributed by atoms with Crippen LogP contribution < -0.4 is 0 Å². The minimum Gasteiger partial charge on any atom is -0.236 e. The van der Waals surface area contributed by atoms with E-state index >= 15 is 0 Å². The first-order chi connectivity index (χ1) is 8.38. The highest BCUT2D eigenvalue weighted by molar-refractivity contribution is 7.21. The highest BCUT2D eigenvalue weighted by atomic mass is 32.1. The Kier molecular flexibility index (Phi) is 2.36. The zero-order valence-electron chi connectivity index (χ0n) is 8.92. The summed E-state index contributed by atoms with van der Waals surface area (Å²) in [5.74, 6) is 0. The number of para-hydroxylation sites is 1. The van der Waals surface area contributed by atoms with Gasteiger partial charge < -0.3 is 0 Å². The molecule has 0 spiro atoms. The van der Waals surface area contributed by atoms with E-state index in [0.29, 0.717) is 5.56 Å². The average molecular weight is 236 g/mol. The predicted octanol–water partition coefficient (Wildman–Crippen LogP) is 3.83. The molecule has 0 saturated heterocycles. The molecule has 1 heterocycles. The number of nitrogens with zero attached hydrogens (tertiary/aromatic N) is 2. The number of hydrogen-bond donors (Lipinski definition) is 0. The monoisotopic (exact) mass is 236 g/mol. The van der Waals surface area contributed by atoms with Crippen LogP contribution in [0.25, 0.3) is 20.8 Å². The fourth-order valence-corrected chi connectivity index (χ4v) is 2.76. The van der Waals surface area contributed by atoms with Crippen molar-refractivity contribution in [1.29, 1.82) is 5.26 Å². The zero-order chi connectivity index (χ0) is 11.7.